The molecule has 1 N–H and O–H groups in total. The van der Waals surface area contributed by atoms with Crippen molar-refractivity contribution in [2.75, 3.05) is 12.4 Å². The summed E-state index contributed by atoms with van der Waals surface area (Å²) in [5.41, 5.74) is 1.29. The van der Waals surface area contributed by atoms with E-state index in [1.54, 1.807) is 7.11 Å². The van der Waals surface area contributed by atoms with Crippen LogP contribution in [0, 0.1) is 0 Å². The molecule has 1 aliphatic rings. The summed E-state index contributed by atoms with van der Waals surface area (Å²) in [6, 6.07) is 14.9. The van der Waals surface area contributed by atoms with Gasteiger partial charge in [-0.05, 0) is 42.7 Å². The number of halogens is 1. The summed E-state index contributed by atoms with van der Waals surface area (Å²) >= 11 is 5.91. The smallest absolute Gasteiger partial charge is 0.235 e. The molecule has 0 spiro atoms. The fraction of sp³-hybridized carbons (Fsp3) is 0.235. The number of hydrogen-bond acceptors (Lipinski definition) is 2. The zero-order valence-electron chi connectivity index (χ0n) is 11.7. The Hall–Kier alpha value is -2.00. The summed E-state index contributed by atoms with van der Waals surface area (Å²) in [5.74, 6) is 0.673. The zero-order valence-corrected chi connectivity index (χ0v) is 12.5. The first-order valence-electron chi connectivity index (χ1n) is 6.86. The molecule has 1 saturated carbocycles. The number of hydrogen-bond donors (Lipinski definition) is 1. The number of carbonyl (C=O) groups is 1. The highest BCUT2D eigenvalue weighted by molar-refractivity contribution is 6.30. The highest BCUT2D eigenvalue weighted by Crippen LogP contribution is 2.49. The molecule has 0 heterocycles. The van der Waals surface area contributed by atoms with Gasteiger partial charge in [0, 0.05) is 5.02 Å². The molecule has 1 fully saturated rings. The molecule has 108 valence electrons. The molecule has 1 aliphatic carbocycles. The number of benzene rings is 2. The van der Waals surface area contributed by atoms with Gasteiger partial charge in [0.15, 0.2) is 0 Å². The maximum atomic E-state index is 12.7. The van der Waals surface area contributed by atoms with E-state index in [0.717, 1.165) is 18.4 Å². The van der Waals surface area contributed by atoms with Crippen molar-refractivity contribution in [3.05, 3.63) is 59.1 Å². The van der Waals surface area contributed by atoms with E-state index < -0.39 is 5.41 Å². The lowest BCUT2D eigenvalue weighted by Gasteiger charge is -2.17. The molecule has 3 nitrogen and oxygen atoms in total. The number of rotatable bonds is 4. The Balaban J connectivity index is 1.83. The summed E-state index contributed by atoms with van der Waals surface area (Å²) < 4.78 is 5.27. The minimum atomic E-state index is -0.425. The van der Waals surface area contributed by atoms with E-state index in [2.05, 4.69) is 5.32 Å². The third-order valence-corrected chi connectivity index (χ3v) is 4.19. The van der Waals surface area contributed by atoms with Gasteiger partial charge in [0.25, 0.3) is 0 Å². The van der Waals surface area contributed by atoms with Crippen molar-refractivity contribution in [1.82, 2.24) is 0 Å². The molecule has 0 atom stereocenters. The van der Waals surface area contributed by atoms with Gasteiger partial charge in [0.1, 0.15) is 5.75 Å². The first kappa shape index (κ1) is 14.0. The van der Waals surface area contributed by atoms with Crippen molar-refractivity contribution in [2.24, 2.45) is 0 Å². The van der Waals surface area contributed by atoms with E-state index in [4.69, 9.17) is 16.3 Å². The van der Waals surface area contributed by atoms with E-state index in [9.17, 15) is 4.79 Å². The molecular weight excluding hydrogens is 286 g/mol. The van der Waals surface area contributed by atoms with Crippen LogP contribution in [0.4, 0.5) is 5.69 Å². The predicted molar refractivity (Wildman–Crippen MR) is 84.0 cm³/mol. The molecule has 0 unspecified atom stereocenters. The number of methoxy groups -OCH3 is 1. The average molecular weight is 302 g/mol. The van der Waals surface area contributed by atoms with Gasteiger partial charge in [-0.25, -0.2) is 0 Å². The topological polar surface area (TPSA) is 38.3 Å². The van der Waals surface area contributed by atoms with Crippen LogP contribution in [-0.2, 0) is 10.2 Å². The Bertz CT molecular complexity index is 663. The van der Waals surface area contributed by atoms with Crippen molar-refractivity contribution in [3.63, 3.8) is 0 Å². The van der Waals surface area contributed by atoms with Crippen LogP contribution in [0.15, 0.2) is 48.5 Å². The van der Waals surface area contributed by atoms with Crippen LogP contribution in [0.1, 0.15) is 18.4 Å². The quantitative estimate of drug-likeness (QED) is 0.926. The zero-order chi connectivity index (χ0) is 14.9. The second-order valence-electron chi connectivity index (χ2n) is 5.24. The molecule has 2 aromatic carbocycles. The van der Waals surface area contributed by atoms with Crippen LogP contribution in [0.5, 0.6) is 5.75 Å². The lowest BCUT2D eigenvalue weighted by molar-refractivity contribution is -0.118. The molecular formula is C17H16ClNO2. The van der Waals surface area contributed by atoms with Crippen LogP contribution in [-0.4, -0.2) is 13.0 Å². The second kappa shape index (κ2) is 5.41. The highest BCUT2D eigenvalue weighted by atomic mass is 35.5. The van der Waals surface area contributed by atoms with Gasteiger partial charge in [-0.3, -0.25) is 4.79 Å². The third-order valence-electron chi connectivity index (χ3n) is 3.94. The Morgan fingerprint density at radius 1 is 1.14 bits per heavy atom. The molecule has 1 amide bonds. The van der Waals surface area contributed by atoms with E-state index in [1.807, 2.05) is 48.5 Å². The van der Waals surface area contributed by atoms with Gasteiger partial charge in [0.05, 0.1) is 18.2 Å². The molecule has 4 heteroatoms. The fourth-order valence-electron chi connectivity index (χ4n) is 2.53. The molecule has 0 bridgehead atoms. The van der Waals surface area contributed by atoms with Crippen molar-refractivity contribution in [2.45, 2.75) is 18.3 Å². The van der Waals surface area contributed by atoms with Crippen LogP contribution in [0.25, 0.3) is 0 Å². The Labute approximate surface area is 128 Å². The van der Waals surface area contributed by atoms with E-state index in [1.165, 1.54) is 0 Å². The number of carbonyl (C=O) groups excluding carboxylic acids is 1. The second-order valence-corrected chi connectivity index (χ2v) is 5.68. The summed E-state index contributed by atoms with van der Waals surface area (Å²) in [4.78, 5) is 12.7. The summed E-state index contributed by atoms with van der Waals surface area (Å²) in [7, 11) is 1.59. The van der Waals surface area contributed by atoms with Crippen molar-refractivity contribution < 1.29 is 9.53 Å². The molecule has 2 aromatic rings. The van der Waals surface area contributed by atoms with E-state index >= 15 is 0 Å². The summed E-state index contributed by atoms with van der Waals surface area (Å²) in [6.07, 6.45) is 1.71. The first-order valence-corrected chi connectivity index (χ1v) is 7.24. The van der Waals surface area contributed by atoms with E-state index in [-0.39, 0.29) is 5.91 Å². The van der Waals surface area contributed by atoms with Gasteiger partial charge >= 0.3 is 0 Å². The minimum Gasteiger partial charge on any atom is -0.495 e. The van der Waals surface area contributed by atoms with Crippen molar-refractivity contribution >= 4 is 23.2 Å². The van der Waals surface area contributed by atoms with Crippen LogP contribution >= 0.6 is 11.6 Å². The summed E-state index contributed by atoms with van der Waals surface area (Å²) in [5, 5.41) is 3.66. The Morgan fingerprint density at radius 3 is 2.43 bits per heavy atom. The minimum absolute atomic E-state index is 0.00863. The normalized spacial score (nSPS) is 15.3. The van der Waals surface area contributed by atoms with Gasteiger partial charge < -0.3 is 10.1 Å². The van der Waals surface area contributed by atoms with Crippen LogP contribution < -0.4 is 10.1 Å². The average Bonchev–Trinajstić information content (AvgIpc) is 3.30. The largest absolute Gasteiger partial charge is 0.495 e. The van der Waals surface area contributed by atoms with Gasteiger partial charge in [-0.2, -0.15) is 0 Å². The molecule has 0 saturated heterocycles. The standard InChI is InChI=1S/C17H16ClNO2/c1-21-15-5-3-2-4-14(15)19-16(20)17(10-11-17)12-6-8-13(18)9-7-12/h2-9H,10-11H2,1H3,(H,19,20). The van der Waals surface area contributed by atoms with Crippen LogP contribution in [0.2, 0.25) is 5.02 Å². The lowest BCUT2D eigenvalue weighted by atomic mass is 9.95. The van der Waals surface area contributed by atoms with E-state index in [0.29, 0.717) is 16.5 Å². The van der Waals surface area contributed by atoms with Gasteiger partial charge in [-0.1, -0.05) is 35.9 Å². The SMILES string of the molecule is COc1ccccc1NC(=O)C1(c2ccc(Cl)cc2)CC1. The summed E-state index contributed by atoms with van der Waals surface area (Å²) in [6.45, 7) is 0. The predicted octanol–water partition coefficient (Wildman–Crippen LogP) is 4.02. The highest BCUT2D eigenvalue weighted by Gasteiger charge is 2.51. The third kappa shape index (κ3) is 2.61. The van der Waals surface area contributed by atoms with Crippen molar-refractivity contribution in [1.29, 1.82) is 0 Å². The number of nitrogens with one attached hydrogen (secondary N) is 1. The number of amides is 1. The lowest BCUT2D eigenvalue weighted by Crippen LogP contribution is -2.27. The molecule has 21 heavy (non-hydrogen) atoms. The van der Waals surface area contributed by atoms with Crippen LogP contribution in [0.3, 0.4) is 0 Å². The number of anilines is 1. The Kier molecular flexibility index (Phi) is 3.60. The Morgan fingerprint density at radius 2 is 1.81 bits per heavy atom. The van der Waals surface area contributed by atoms with Gasteiger partial charge in [0.2, 0.25) is 5.91 Å². The maximum absolute atomic E-state index is 12.7. The van der Waals surface area contributed by atoms with Crippen molar-refractivity contribution in [3.8, 4) is 5.75 Å². The number of ether oxygens (including phenoxy) is 1. The molecule has 3 rings (SSSR count). The fourth-order valence-corrected chi connectivity index (χ4v) is 2.66. The monoisotopic (exact) mass is 301 g/mol. The number of para-hydroxylation sites is 2. The molecule has 0 aromatic heterocycles. The first-order chi connectivity index (χ1) is 10.2. The maximum Gasteiger partial charge on any atom is 0.235 e. The van der Waals surface area contributed by atoms with Gasteiger partial charge in [-0.15, -0.1) is 0 Å². The molecule has 0 aliphatic heterocycles. The molecule has 0 radical (unpaired) electrons.